The molecule has 0 saturated heterocycles. The van der Waals surface area contributed by atoms with Crippen LogP contribution in [0.25, 0.3) is 0 Å². The molecule has 1 saturated carbocycles. The van der Waals surface area contributed by atoms with Crippen molar-refractivity contribution < 1.29 is 4.79 Å². The molecule has 2 N–H and O–H groups in total. The molecule has 0 radical (unpaired) electrons. The minimum Gasteiger partial charge on any atom is -0.353 e. The van der Waals surface area contributed by atoms with Crippen LogP contribution in [0, 0.1) is 0 Å². The molecule has 0 aromatic heterocycles. The van der Waals surface area contributed by atoms with Gasteiger partial charge in [0.15, 0.2) is 0 Å². The predicted octanol–water partition coefficient (Wildman–Crippen LogP) is 3.77. The quantitative estimate of drug-likeness (QED) is 0.824. The molecule has 1 amide bonds. The van der Waals surface area contributed by atoms with Crippen molar-refractivity contribution in [3.63, 3.8) is 0 Å². The van der Waals surface area contributed by atoms with E-state index in [9.17, 15) is 4.79 Å². The molecule has 0 aromatic carbocycles. The van der Waals surface area contributed by atoms with Gasteiger partial charge in [-0.3, -0.25) is 4.79 Å². The zero-order valence-electron chi connectivity index (χ0n) is 13.5. The van der Waals surface area contributed by atoms with Gasteiger partial charge in [-0.1, -0.05) is 57.8 Å². The monoisotopic (exact) mass is 282 g/mol. The summed E-state index contributed by atoms with van der Waals surface area (Å²) in [7, 11) is 0. The van der Waals surface area contributed by atoms with Gasteiger partial charge in [-0.25, -0.2) is 0 Å². The summed E-state index contributed by atoms with van der Waals surface area (Å²) in [5.74, 6) is 0.131. The van der Waals surface area contributed by atoms with Crippen LogP contribution >= 0.6 is 0 Å². The van der Waals surface area contributed by atoms with Gasteiger partial charge in [-0.2, -0.15) is 0 Å². The Morgan fingerprint density at radius 2 is 1.35 bits per heavy atom. The van der Waals surface area contributed by atoms with Crippen LogP contribution in [0.4, 0.5) is 0 Å². The molecule has 0 atom stereocenters. The number of carbonyl (C=O) groups is 1. The maximum Gasteiger partial charge on any atom is 0.234 e. The average molecular weight is 282 g/mol. The van der Waals surface area contributed by atoms with Crippen molar-refractivity contribution in [2.75, 3.05) is 6.54 Å². The third kappa shape index (κ3) is 9.35. The van der Waals surface area contributed by atoms with E-state index >= 15 is 0 Å². The fraction of sp³-hybridized carbons (Fsp3) is 0.941. The van der Waals surface area contributed by atoms with Crippen LogP contribution in [0.5, 0.6) is 0 Å². The highest BCUT2D eigenvalue weighted by Gasteiger charge is 2.11. The molecule has 0 aliphatic heterocycles. The van der Waals surface area contributed by atoms with Gasteiger partial charge < -0.3 is 10.6 Å². The zero-order chi connectivity index (χ0) is 14.6. The van der Waals surface area contributed by atoms with Crippen LogP contribution in [0.3, 0.4) is 0 Å². The number of rotatable bonds is 4. The minimum absolute atomic E-state index is 0.131. The molecule has 3 nitrogen and oxygen atoms in total. The van der Waals surface area contributed by atoms with E-state index in [1.54, 1.807) is 0 Å². The lowest BCUT2D eigenvalue weighted by atomic mass is 9.98. The lowest BCUT2D eigenvalue weighted by Crippen LogP contribution is -2.41. The molecule has 1 aliphatic carbocycles. The zero-order valence-corrected chi connectivity index (χ0v) is 13.5. The Labute approximate surface area is 125 Å². The molecule has 0 heterocycles. The molecule has 1 fully saturated rings. The number of amides is 1. The van der Waals surface area contributed by atoms with E-state index in [1.165, 1.54) is 70.6 Å². The molecule has 3 heteroatoms. The van der Waals surface area contributed by atoms with Gasteiger partial charge in [0, 0.05) is 12.1 Å². The molecule has 0 bridgehead atoms. The molecule has 0 spiro atoms. The summed E-state index contributed by atoms with van der Waals surface area (Å²) in [6, 6.07) is 0.771. The first-order valence-corrected chi connectivity index (χ1v) is 8.71. The van der Waals surface area contributed by atoms with Crippen LogP contribution in [-0.4, -0.2) is 24.5 Å². The highest BCUT2D eigenvalue weighted by molar-refractivity contribution is 5.78. The Bertz CT molecular complexity index is 241. The van der Waals surface area contributed by atoms with E-state index in [4.69, 9.17) is 0 Å². The Morgan fingerprint density at radius 3 is 1.80 bits per heavy atom. The Hall–Kier alpha value is -0.570. The summed E-state index contributed by atoms with van der Waals surface area (Å²) in [6.45, 7) is 4.49. The predicted molar refractivity (Wildman–Crippen MR) is 85.9 cm³/mol. The van der Waals surface area contributed by atoms with Crippen molar-refractivity contribution >= 4 is 5.91 Å². The molecule has 118 valence electrons. The van der Waals surface area contributed by atoms with Crippen LogP contribution in [0.2, 0.25) is 0 Å². The van der Waals surface area contributed by atoms with Crippen LogP contribution < -0.4 is 10.6 Å². The fourth-order valence-electron chi connectivity index (χ4n) is 2.98. The average Bonchev–Trinajstić information content (AvgIpc) is 2.37. The van der Waals surface area contributed by atoms with Crippen LogP contribution in [-0.2, 0) is 4.79 Å². The van der Waals surface area contributed by atoms with E-state index in [0.717, 1.165) is 0 Å². The number of nitrogens with one attached hydrogen (secondary N) is 2. The van der Waals surface area contributed by atoms with E-state index in [2.05, 4.69) is 10.6 Å². The number of hydrogen-bond acceptors (Lipinski definition) is 2. The van der Waals surface area contributed by atoms with E-state index in [1.807, 2.05) is 13.8 Å². The fourth-order valence-corrected chi connectivity index (χ4v) is 2.98. The summed E-state index contributed by atoms with van der Waals surface area (Å²) in [4.78, 5) is 11.7. The van der Waals surface area contributed by atoms with Gasteiger partial charge in [-0.05, 0) is 26.7 Å². The largest absolute Gasteiger partial charge is 0.353 e. The lowest BCUT2D eigenvalue weighted by molar-refractivity contribution is -0.120. The van der Waals surface area contributed by atoms with Crippen molar-refractivity contribution in [2.24, 2.45) is 0 Å². The second-order valence-corrected chi connectivity index (χ2v) is 6.56. The number of carbonyl (C=O) groups excluding carboxylic acids is 1. The third-order valence-corrected chi connectivity index (χ3v) is 4.11. The SMILES string of the molecule is CC(C)NC(=O)CNC1CCCCCCCCCCC1. The van der Waals surface area contributed by atoms with Crippen molar-refractivity contribution in [3.05, 3.63) is 0 Å². The summed E-state index contributed by atoms with van der Waals surface area (Å²) >= 11 is 0. The van der Waals surface area contributed by atoms with Crippen molar-refractivity contribution in [3.8, 4) is 0 Å². The first-order valence-electron chi connectivity index (χ1n) is 8.71. The van der Waals surface area contributed by atoms with E-state index in [-0.39, 0.29) is 11.9 Å². The minimum atomic E-state index is 0.131. The normalized spacial score (nSPS) is 20.1. The second kappa shape index (κ2) is 11.1. The molecule has 1 rings (SSSR count). The summed E-state index contributed by atoms with van der Waals surface area (Å²) in [5, 5.41) is 6.42. The van der Waals surface area contributed by atoms with Gasteiger partial charge in [0.1, 0.15) is 0 Å². The summed E-state index contributed by atoms with van der Waals surface area (Å²) in [5.41, 5.74) is 0. The maximum absolute atomic E-state index is 11.7. The van der Waals surface area contributed by atoms with Gasteiger partial charge >= 0.3 is 0 Å². The summed E-state index contributed by atoms with van der Waals surface area (Å²) < 4.78 is 0. The summed E-state index contributed by atoms with van der Waals surface area (Å²) in [6.07, 6.45) is 14.8. The first kappa shape index (κ1) is 17.5. The van der Waals surface area contributed by atoms with Crippen molar-refractivity contribution in [2.45, 2.75) is 96.6 Å². The first-order chi connectivity index (χ1) is 9.68. The smallest absolute Gasteiger partial charge is 0.234 e. The van der Waals surface area contributed by atoms with Gasteiger partial charge in [0.2, 0.25) is 5.91 Å². The molecule has 20 heavy (non-hydrogen) atoms. The van der Waals surface area contributed by atoms with Crippen LogP contribution in [0.1, 0.15) is 84.5 Å². The molecular formula is C17H34N2O. The van der Waals surface area contributed by atoms with E-state index in [0.29, 0.717) is 12.6 Å². The maximum atomic E-state index is 11.7. The highest BCUT2D eigenvalue weighted by atomic mass is 16.1. The molecule has 1 aliphatic rings. The van der Waals surface area contributed by atoms with Crippen LogP contribution in [0.15, 0.2) is 0 Å². The Balaban J connectivity index is 2.25. The molecule has 0 aromatic rings. The lowest BCUT2D eigenvalue weighted by Gasteiger charge is -2.20. The van der Waals surface area contributed by atoms with E-state index < -0.39 is 0 Å². The van der Waals surface area contributed by atoms with Crippen molar-refractivity contribution in [1.82, 2.24) is 10.6 Å². The third-order valence-electron chi connectivity index (χ3n) is 4.11. The Kier molecular flexibility index (Phi) is 9.73. The standard InChI is InChI=1S/C17H34N2O/c1-15(2)19-17(20)14-18-16-12-10-8-6-4-3-5-7-9-11-13-16/h15-16,18H,3-14H2,1-2H3,(H,19,20). The molecule has 0 unspecified atom stereocenters. The second-order valence-electron chi connectivity index (χ2n) is 6.56. The van der Waals surface area contributed by atoms with Gasteiger partial charge in [0.25, 0.3) is 0 Å². The van der Waals surface area contributed by atoms with Gasteiger partial charge in [0.05, 0.1) is 6.54 Å². The number of hydrogen-bond donors (Lipinski definition) is 2. The topological polar surface area (TPSA) is 41.1 Å². The van der Waals surface area contributed by atoms with Crippen molar-refractivity contribution in [1.29, 1.82) is 0 Å². The van der Waals surface area contributed by atoms with Gasteiger partial charge in [-0.15, -0.1) is 0 Å². The molecular weight excluding hydrogens is 248 g/mol. The highest BCUT2D eigenvalue weighted by Crippen LogP contribution is 2.16. The Morgan fingerprint density at radius 1 is 0.900 bits per heavy atom.